The van der Waals surface area contributed by atoms with Crippen LogP contribution in [0, 0.1) is 0 Å². The summed E-state index contributed by atoms with van der Waals surface area (Å²) in [5.41, 5.74) is 0.854. The van der Waals surface area contributed by atoms with Gasteiger partial charge < -0.3 is 0 Å². The van der Waals surface area contributed by atoms with Gasteiger partial charge in [-0.1, -0.05) is 0 Å². The van der Waals surface area contributed by atoms with E-state index in [0.29, 0.717) is 12.3 Å². The highest BCUT2D eigenvalue weighted by atomic mass is 16.1. The van der Waals surface area contributed by atoms with Crippen LogP contribution in [0.2, 0.25) is 0 Å². The van der Waals surface area contributed by atoms with Crippen LogP contribution < -0.4 is 0 Å². The molecule has 1 rings (SSSR count). The van der Waals surface area contributed by atoms with Crippen molar-refractivity contribution in [3.05, 3.63) is 0 Å². The van der Waals surface area contributed by atoms with Gasteiger partial charge >= 0.3 is 0 Å². The molecule has 0 saturated heterocycles. The summed E-state index contributed by atoms with van der Waals surface area (Å²) in [7, 11) is 0. The first kappa shape index (κ1) is 6.13. The largest absolute Gasteiger partial charge is 0.272 e. The summed E-state index contributed by atoms with van der Waals surface area (Å²) >= 11 is 0. The summed E-state index contributed by atoms with van der Waals surface area (Å²) in [5, 5.41) is 0. The molecular formula is C6H8N2O. The van der Waals surface area contributed by atoms with E-state index in [1.54, 1.807) is 6.92 Å². The Kier molecular flexibility index (Phi) is 1.42. The van der Waals surface area contributed by atoms with Gasteiger partial charge in [0.2, 0.25) is 0 Å². The molecule has 0 bridgehead atoms. The lowest BCUT2D eigenvalue weighted by Gasteiger charge is -2.02. The van der Waals surface area contributed by atoms with Gasteiger partial charge in [0.25, 0.3) is 5.91 Å². The molecule has 0 saturated carbocycles. The lowest BCUT2D eigenvalue weighted by atomic mass is 10.2. The standard InChI is InChI=1S/C6H8N2O/c1-4-3-6(9)8-5(2)7-4/h3H2,1-2H3. The summed E-state index contributed by atoms with van der Waals surface area (Å²) in [4.78, 5) is 18.2. The van der Waals surface area contributed by atoms with Crippen molar-refractivity contribution in [2.75, 3.05) is 0 Å². The second kappa shape index (κ2) is 2.09. The van der Waals surface area contributed by atoms with Crippen LogP contribution in [-0.4, -0.2) is 17.5 Å². The van der Waals surface area contributed by atoms with Crippen LogP contribution in [0.5, 0.6) is 0 Å². The minimum absolute atomic E-state index is 0.0833. The molecule has 0 aromatic heterocycles. The summed E-state index contributed by atoms with van der Waals surface area (Å²) in [5.74, 6) is 0.490. The van der Waals surface area contributed by atoms with Gasteiger partial charge in [-0.2, -0.15) is 4.99 Å². The molecule has 1 heterocycles. The van der Waals surface area contributed by atoms with E-state index in [0.717, 1.165) is 5.71 Å². The maximum Gasteiger partial charge on any atom is 0.253 e. The van der Waals surface area contributed by atoms with Crippen molar-refractivity contribution in [2.45, 2.75) is 20.3 Å². The molecular weight excluding hydrogens is 116 g/mol. The van der Waals surface area contributed by atoms with Crippen LogP contribution in [0.1, 0.15) is 20.3 Å². The van der Waals surface area contributed by atoms with Gasteiger partial charge in [-0.15, -0.1) is 0 Å². The highest BCUT2D eigenvalue weighted by molar-refractivity contribution is 6.12. The zero-order valence-corrected chi connectivity index (χ0v) is 5.51. The molecule has 0 aromatic rings. The molecule has 3 heteroatoms. The molecule has 0 N–H and O–H groups in total. The number of amides is 1. The third kappa shape index (κ3) is 1.45. The average molecular weight is 124 g/mol. The number of rotatable bonds is 0. The van der Waals surface area contributed by atoms with E-state index in [1.165, 1.54) is 0 Å². The average Bonchev–Trinajstić information content (AvgIpc) is 1.59. The molecule has 48 valence electrons. The van der Waals surface area contributed by atoms with Gasteiger partial charge in [0.1, 0.15) is 5.84 Å². The van der Waals surface area contributed by atoms with Gasteiger partial charge in [-0.3, -0.25) is 4.79 Å². The van der Waals surface area contributed by atoms with Gasteiger partial charge in [0, 0.05) is 5.71 Å². The lowest BCUT2D eigenvalue weighted by molar-refractivity contribution is -0.116. The van der Waals surface area contributed by atoms with Gasteiger partial charge in [0.15, 0.2) is 0 Å². The van der Waals surface area contributed by atoms with Crippen molar-refractivity contribution >= 4 is 17.5 Å². The molecule has 0 unspecified atom stereocenters. The van der Waals surface area contributed by atoms with Gasteiger partial charge in [-0.25, -0.2) is 4.99 Å². The second-order valence-electron chi connectivity index (χ2n) is 2.08. The monoisotopic (exact) mass is 124 g/mol. The van der Waals surface area contributed by atoms with Crippen LogP contribution in [0.25, 0.3) is 0 Å². The molecule has 0 radical (unpaired) electrons. The number of hydrogen-bond acceptors (Lipinski definition) is 2. The van der Waals surface area contributed by atoms with Gasteiger partial charge in [0.05, 0.1) is 6.42 Å². The predicted octanol–water partition coefficient (Wildman–Crippen LogP) is 0.796. The Bertz CT molecular complexity index is 203. The SMILES string of the molecule is CC1=NC(C)=NC(=O)C1. The van der Waals surface area contributed by atoms with Crippen LogP contribution in [0.3, 0.4) is 0 Å². The first-order valence-electron chi connectivity index (χ1n) is 2.81. The third-order valence-electron chi connectivity index (χ3n) is 1.05. The zero-order chi connectivity index (χ0) is 6.85. The van der Waals surface area contributed by atoms with Crippen molar-refractivity contribution in [3.8, 4) is 0 Å². The first-order valence-corrected chi connectivity index (χ1v) is 2.81. The first-order chi connectivity index (χ1) is 4.18. The van der Waals surface area contributed by atoms with E-state index in [1.807, 2.05) is 6.92 Å². The van der Waals surface area contributed by atoms with E-state index in [2.05, 4.69) is 9.98 Å². The number of carbonyl (C=O) groups excluding carboxylic acids is 1. The summed E-state index contributed by atoms with van der Waals surface area (Å²) in [6.45, 7) is 3.55. The summed E-state index contributed by atoms with van der Waals surface area (Å²) in [6.07, 6.45) is 0.386. The highest BCUT2D eigenvalue weighted by Crippen LogP contribution is 1.98. The van der Waals surface area contributed by atoms with E-state index in [-0.39, 0.29) is 5.91 Å². The van der Waals surface area contributed by atoms with Gasteiger partial charge in [-0.05, 0) is 13.8 Å². The quantitative estimate of drug-likeness (QED) is 0.470. The maximum atomic E-state index is 10.6. The number of nitrogens with zero attached hydrogens (tertiary/aromatic N) is 2. The van der Waals surface area contributed by atoms with E-state index < -0.39 is 0 Å². The fourth-order valence-corrected chi connectivity index (χ4v) is 0.780. The maximum absolute atomic E-state index is 10.6. The molecule has 0 aliphatic carbocycles. The van der Waals surface area contributed by atoms with Crippen LogP contribution in [-0.2, 0) is 4.79 Å². The molecule has 1 amide bonds. The van der Waals surface area contributed by atoms with E-state index in [9.17, 15) is 4.79 Å². The Labute approximate surface area is 53.5 Å². The Balaban J connectivity index is 2.86. The van der Waals surface area contributed by atoms with Crippen molar-refractivity contribution in [1.29, 1.82) is 0 Å². The normalized spacial score (nSPS) is 19.1. The molecule has 0 spiro atoms. The molecule has 1 aliphatic rings. The fourth-order valence-electron chi connectivity index (χ4n) is 0.780. The second-order valence-corrected chi connectivity index (χ2v) is 2.08. The Hall–Kier alpha value is -0.990. The predicted molar refractivity (Wildman–Crippen MR) is 35.8 cm³/mol. The smallest absolute Gasteiger partial charge is 0.253 e. The van der Waals surface area contributed by atoms with Crippen LogP contribution >= 0.6 is 0 Å². The van der Waals surface area contributed by atoms with Crippen molar-refractivity contribution in [2.24, 2.45) is 9.98 Å². The lowest BCUT2D eigenvalue weighted by Crippen LogP contribution is -2.11. The third-order valence-corrected chi connectivity index (χ3v) is 1.05. The van der Waals surface area contributed by atoms with E-state index in [4.69, 9.17) is 0 Å². The molecule has 0 fully saturated rings. The number of hydrogen-bond donors (Lipinski definition) is 0. The molecule has 1 aliphatic heterocycles. The molecule has 0 atom stereocenters. The Morgan fingerprint density at radius 1 is 1.33 bits per heavy atom. The molecule has 0 aromatic carbocycles. The minimum atomic E-state index is -0.0833. The minimum Gasteiger partial charge on any atom is -0.272 e. The number of carbonyl (C=O) groups is 1. The zero-order valence-electron chi connectivity index (χ0n) is 5.51. The van der Waals surface area contributed by atoms with Crippen molar-refractivity contribution < 1.29 is 4.79 Å². The Morgan fingerprint density at radius 2 is 2.00 bits per heavy atom. The number of amidine groups is 1. The summed E-state index contributed by atoms with van der Waals surface area (Å²) < 4.78 is 0. The Morgan fingerprint density at radius 3 is 2.44 bits per heavy atom. The molecule has 3 nitrogen and oxygen atoms in total. The van der Waals surface area contributed by atoms with Crippen molar-refractivity contribution in [3.63, 3.8) is 0 Å². The fraction of sp³-hybridized carbons (Fsp3) is 0.500. The highest BCUT2D eigenvalue weighted by Gasteiger charge is 2.07. The van der Waals surface area contributed by atoms with E-state index >= 15 is 0 Å². The molecule has 9 heavy (non-hydrogen) atoms. The topological polar surface area (TPSA) is 41.8 Å². The van der Waals surface area contributed by atoms with Crippen molar-refractivity contribution in [1.82, 2.24) is 0 Å². The number of aliphatic imine (C=N–C) groups is 2. The summed E-state index contributed by atoms with van der Waals surface area (Å²) in [6, 6.07) is 0. The van der Waals surface area contributed by atoms with Crippen LogP contribution in [0.15, 0.2) is 9.98 Å². The van der Waals surface area contributed by atoms with Crippen LogP contribution in [0.4, 0.5) is 0 Å².